The first-order chi connectivity index (χ1) is 12.1. The van der Waals surface area contributed by atoms with Crippen molar-refractivity contribution < 1.29 is 4.79 Å². The van der Waals surface area contributed by atoms with Gasteiger partial charge in [0, 0.05) is 40.7 Å². The minimum atomic E-state index is 0.0904. The molecular formula is C20H25N3OS. The summed E-state index contributed by atoms with van der Waals surface area (Å²) in [5, 5.41) is 3.59. The number of hydrogen-bond acceptors (Lipinski definition) is 4. The Morgan fingerprint density at radius 3 is 2.92 bits per heavy atom. The highest BCUT2D eigenvalue weighted by atomic mass is 32.2. The molecule has 1 aromatic rings. The minimum absolute atomic E-state index is 0.0904. The van der Waals surface area contributed by atoms with Gasteiger partial charge in [0.25, 0.3) is 5.91 Å². The Morgan fingerprint density at radius 2 is 2.12 bits per heavy atom. The smallest absolute Gasteiger partial charge is 0.255 e. The van der Waals surface area contributed by atoms with Gasteiger partial charge in [-0.05, 0) is 46.0 Å². The molecule has 4 rings (SSSR count). The quantitative estimate of drug-likeness (QED) is 0.620. The molecule has 1 spiro atoms. The predicted molar refractivity (Wildman–Crippen MR) is 105 cm³/mol. The molecule has 1 unspecified atom stereocenters. The van der Waals surface area contributed by atoms with Gasteiger partial charge in [0.2, 0.25) is 0 Å². The first-order valence-corrected chi connectivity index (χ1v) is 9.90. The van der Waals surface area contributed by atoms with Gasteiger partial charge < -0.3 is 15.1 Å². The van der Waals surface area contributed by atoms with Crippen molar-refractivity contribution in [2.75, 3.05) is 38.5 Å². The molecule has 132 valence electrons. The summed E-state index contributed by atoms with van der Waals surface area (Å²) in [6, 6.07) is 8.19. The zero-order chi connectivity index (χ0) is 17.4. The van der Waals surface area contributed by atoms with Crippen LogP contribution in [0, 0.1) is 0 Å². The number of amides is 1. The second kappa shape index (κ2) is 6.56. The van der Waals surface area contributed by atoms with E-state index in [4.69, 9.17) is 0 Å². The number of carbonyl (C=O) groups excluding carboxylic acids is 1. The summed E-state index contributed by atoms with van der Waals surface area (Å²) in [6.07, 6.45) is 3.99. The van der Waals surface area contributed by atoms with Gasteiger partial charge in [-0.25, -0.2) is 0 Å². The number of fused-ring (bicyclic) bond motifs is 1. The van der Waals surface area contributed by atoms with Crippen LogP contribution in [0.3, 0.4) is 0 Å². The number of likely N-dealkylation sites (tertiary alicyclic amines) is 1. The van der Waals surface area contributed by atoms with Crippen molar-refractivity contribution in [2.24, 2.45) is 0 Å². The molecule has 1 amide bonds. The number of para-hydroxylation sites is 1. The van der Waals surface area contributed by atoms with Crippen molar-refractivity contribution in [3.63, 3.8) is 0 Å². The van der Waals surface area contributed by atoms with Crippen molar-refractivity contribution in [3.05, 3.63) is 41.6 Å². The number of rotatable bonds is 1. The maximum absolute atomic E-state index is 12.8. The van der Waals surface area contributed by atoms with Crippen LogP contribution in [0.1, 0.15) is 25.3 Å². The molecule has 5 heteroatoms. The molecule has 2 fully saturated rings. The van der Waals surface area contributed by atoms with Crippen LogP contribution in [0.25, 0.3) is 5.57 Å². The lowest BCUT2D eigenvalue weighted by molar-refractivity contribution is -0.126. The molecule has 0 aliphatic carbocycles. The van der Waals surface area contributed by atoms with E-state index in [1.807, 2.05) is 28.8 Å². The maximum atomic E-state index is 12.8. The summed E-state index contributed by atoms with van der Waals surface area (Å²) >= 11 is 1.99. The van der Waals surface area contributed by atoms with Crippen LogP contribution < -0.4 is 5.32 Å². The molecular weight excluding hydrogens is 330 g/mol. The number of hydrogen-bond donors (Lipinski definition) is 1. The van der Waals surface area contributed by atoms with Crippen LogP contribution in [-0.2, 0) is 4.79 Å². The number of anilines is 1. The van der Waals surface area contributed by atoms with Crippen LogP contribution in [0.5, 0.6) is 0 Å². The number of piperidine rings is 1. The number of nitrogens with zero attached hydrogens (tertiary/aromatic N) is 2. The second-order valence-corrected chi connectivity index (χ2v) is 9.12. The van der Waals surface area contributed by atoms with Crippen LogP contribution in [-0.4, -0.2) is 59.1 Å². The zero-order valence-corrected chi connectivity index (χ0v) is 15.7. The molecule has 25 heavy (non-hydrogen) atoms. The average Bonchev–Trinajstić information content (AvgIpc) is 3.17. The Hall–Kier alpha value is -1.68. The van der Waals surface area contributed by atoms with E-state index in [9.17, 15) is 4.79 Å². The molecule has 0 aromatic heterocycles. The molecule has 1 aromatic carbocycles. The van der Waals surface area contributed by atoms with E-state index in [0.717, 1.165) is 43.0 Å². The lowest BCUT2D eigenvalue weighted by Crippen LogP contribution is -2.44. The van der Waals surface area contributed by atoms with Crippen molar-refractivity contribution >= 4 is 28.9 Å². The fourth-order valence-corrected chi connectivity index (χ4v) is 5.66. The third-order valence-electron chi connectivity index (χ3n) is 5.58. The fraction of sp³-hybridized carbons (Fsp3) is 0.500. The highest BCUT2D eigenvalue weighted by Crippen LogP contribution is 2.46. The lowest BCUT2D eigenvalue weighted by atomic mass is 9.95. The van der Waals surface area contributed by atoms with Crippen LogP contribution in [0.2, 0.25) is 0 Å². The van der Waals surface area contributed by atoms with E-state index < -0.39 is 0 Å². The number of carbonyl (C=O) groups is 1. The van der Waals surface area contributed by atoms with E-state index in [2.05, 4.69) is 42.1 Å². The number of benzene rings is 1. The summed E-state index contributed by atoms with van der Waals surface area (Å²) in [6.45, 7) is 6.02. The Morgan fingerprint density at radius 1 is 1.36 bits per heavy atom. The van der Waals surface area contributed by atoms with Crippen molar-refractivity contribution in [1.82, 2.24) is 9.80 Å². The lowest BCUT2D eigenvalue weighted by Gasteiger charge is -2.36. The Kier molecular flexibility index (Phi) is 4.40. The average molecular weight is 356 g/mol. The minimum Gasteiger partial charge on any atom is -0.380 e. The highest BCUT2D eigenvalue weighted by molar-refractivity contribution is 8.01. The van der Waals surface area contributed by atoms with Gasteiger partial charge >= 0.3 is 0 Å². The van der Waals surface area contributed by atoms with E-state index >= 15 is 0 Å². The summed E-state index contributed by atoms with van der Waals surface area (Å²) in [7, 11) is 2.18. The largest absolute Gasteiger partial charge is 0.380 e. The zero-order valence-electron chi connectivity index (χ0n) is 14.9. The molecule has 0 radical (unpaired) electrons. The van der Waals surface area contributed by atoms with Gasteiger partial charge in [0.1, 0.15) is 0 Å². The standard InChI is InChI=1S/C20H25N3OS/c1-15-23(14-20(25-15)9-11-22(2)12-10-20)19(24)8-7-16-13-21-18-6-4-3-5-17(16)18/h3-6,8,15,21H,9-14H2,1-2H3. The maximum Gasteiger partial charge on any atom is 0.255 e. The van der Waals surface area contributed by atoms with Crippen LogP contribution >= 0.6 is 11.8 Å². The van der Waals surface area contributed by atoms with E-state index in [1.165, 1.54) is 12.8 Å². The summed E-state index contributed by atoms with van der Waals surface area (Å²) in [5.74, 6) is 0.0904. The number of thioether (sulfide) groups is 1. The van der Waals surface area contributed by atoms with Gasteiger partial charge in [0.15, 0.2) is 0 Å². The van der Waals surface area contributed by atoms with Crippen molar-refractivity contribution in [1.29, 1.82) is 0 Å². The third kappa shape index (κ3) is 3.24. The molecule has 3 aliphatic rings. The van der Waals surface area contributed by atoms with Crippen molar-refractivity contribution in [3.8, 4) is 0 Å². The molecule has 3 aliphatic heterocycles. The molecule has 3 heterocycles. The summed E-state index contributed by atoms with van der Waals surface area (Å²) in [4.78, 5) is 17.2. The van der Waals surface area contributed by atoms with E-state index in [-0.39, 0.29) is 16.0 Å². The molecule has 2 saturated heterocycles. The SMILES string of the molecule is CC1SC2(CCN(C)CC2)CN1C(=O)C=C=C1CNc2ccccc21. The van der Waals surface area contributed by atoms with Gasteiger partial charge in [-0.15, -0.1) is 17.5 Å². The second-order valence-electron chi connectivity index (χ2n) is 7.34. The Balaban J connectivity index is 1.49. The molecule has 0 bridgehead atoms. The van der Waals surface area contributed by atoms with E-state index in [0.29, 0.717) is 0 Å². The highest BCUT2D eigenvalue weighted by Gasteiger charge is 2.45. The van der Waals surface area contributed by atoms with Gasteiger partial charge in [-0.3, -0.25) is 4.79 Å². The molecule has 0 saturated carbocycles. The van der Waals surface area contributed by atoms with Gasteiger partial charge in [-0.2, -0.15) is 0 Å². The topological polar surface area (TPSA) is 35.6 Å². The molecule has 4 nitrogen and oxygen atoms in total. The normalized spacial score (nSPS) is 24.8. The first-order valence-electron chi connectivity index (χ1n) is 9.02. The van der Waals surface area contributed by atoms with Crippen LogP contribution in [0.15, 0.2) is 36.1 Å². The van der Waals surface area contributed by atoms with E-state index in [1.54, 1.807) is 6.08 Å². The van der Waals surface area contributed by atoms with Gasteiger partial charge in [0.05, 0.1) is 5.37 Å². The van der Waals surface area contributed by atoms with Crippen LogP contribution in [0.4, 0.5) is 5.69 Å². The third-order valence-corrected chi connectivity index (χ3v) is 7.21. The van der Waals surface area contributed by atoms with Gasteiger partial charge in [-0.1, -0.05) is 18.2 Å². The fourth-order valence-electron chi connectivity index (χ4n) is 4.00. The molecule has 1 N–H and O–H groups in total. The Bertz CT molecular complexity index is 745. The number of nitrogens with one attached hydrogen (secondary N) is 1. The Labute approximate surface area is 153 Å². The summed E-state index contributed by atoms with van der Waals surface area (Å²) in [5.41, 5.74) is 6.60. The monoisotopic (exact) mass is 355 g/mol. The van der Waals surface area contributed by atoms with Crippen molar-refractivity contribution in [2.45, 2.75) is 29.9 Å². The predicted octanol–water partition coefficient (Wildman–Crippen LogP) is 3.04. The first kappa shape index (κ1) is 16.8. The molecule has 1 atom stereocenters. The summed E-state index contributed by atoms with van der Waals surface area (Å²) < 4.78 is 0.254.